The number of aryl methyl sites for hydroxylation is 1. The van der Waals surface area contributed by atoms with Crippen LogP contribution in [0, 0.1) is 13.8 Å². The number of benzene rings is 1. The molecule has 0 unspecified atom stereocenters. The van der Waals surface area contributed by atoms with Crippen molar-refractivity contribution < 1.29 is 14.6 Å². The standard InChI is InChI=1S/C10H11BrO3/c1-6-3-4-8(7(2)10(6)11)14-5-9(12)13/h3-4H,5H2,1-2H3,(H,12,13). The van der Waals surface area contributed by atoms with Gasteiger partial charge in [-0.3, -0.25) is 0 Å². The normalized spacial score (nSPS) is 9.93. The quantitative estimate of drug-likeness (QED) is 0.907. The summed E-state index contributed by atoms with van der Waals surface area (Å²) in [6, 6.07) is 3.66. The molecule has 0 aliphatic carbocycles. The average Bonchev–Trinajstić information content (AvgIpc) is 2.13. The molecule has 0 spiro atoms. The van der Waals surface area contributed by atoms with E-state index < -0.39 is 5.97 Å². The molecule has 1 N–H and O–H groups in total. The first-order valence-electron chi connectivity index (χ1n) is 4.12. The molecule has 0 radical (unpaired) electrons. The van der Waals surface area contributed by atoms with Crippen molar-refractivity contribution in [3.05, 3.63) is 27.7 Å². The summed E-state index contributed by atoms with van der Waals surface area (Å²) in [6.45, 7) is 3.54. The first-order valence-corrected chi connectivity index (χ1v) is 4.92. The molecular weight excluding hydrogens is 248 g/mol. The molecule has 3 nitrogen and oxygen atoms in total. The van der Waals surface area contributed by atoms with E-state index in [4.69, 9.17) is 9.84 Å². The van der Waals surface area contributed by atoms with Gasteiger partial charge in [0, 0.05) is 10.0 Å². The van der Waals surface area contributed by atoms with Crippen LogP contribution in [0.1, 0.15) is 11.1 Å². The molecule has 0 amide bonds. The fraction of sp³-hybridized carbons (Fsp3) is 0.300. The van der Waals surface area contributed by atoms with Crippen molar-refractivity contribution in [2.45, 2.75) is 13.8 Å². The maximum Gasteiger partial charge on any atom is 0.341 e. The van der Waals surface area contributed by atoms with Crippen LogP contribution in [0.2, 0.25) is 0 Å². The molecule has 0 aliphatic heterocycles. The predicted octanol–water partition coefficient (Wildman–Crippen LogP) is 2.53. The summed E-state index contributed by atoms with van der Waals surface area (Å²) < 4.78 is 6.06. The van der Waals surface area contributed by atoms with Crippen LogP contribution in [0.4, 0.5) is 0 Å². The molecular formula is C10H11BrO3. The van der Waals surface area contributed by atoms with Crippen LogP contribution >= 0.6 is 15.9 Å². The average molecular weight is 259 g/mol. The smallest absolute Gasteiger partial charge is 0.341 e. The van der Waals surface area contributed by atoms with E-state index in [0.717, 1.165) is 15.6 Å². The molecule has 0 saturated carbocycles. The van der Waals surface area contributed by atoms with E-state index in [-0.39, 0.29) is 6.61 Å². The molecule has 0 aromatic heterocycles. The lowest BCUT2D eigenvalue weighted by molar-refractivity contribution is -0.139. The topological polar surface area (TPSA) is 46.5 Å². The highest BCUT2D eigenvalue weighted by Gasteiger charge is 2.07. The van der Waals surface area contributed by atoms with Gasteiger partial charge in [-0.25, -0.2) is 4.79 Å². The highest BCUT2D eigenvalue weighted by atomic mass is 79.9. The molecule has 76 valence electrons. The minimum absolute atomic E-state index is 0.309. The molecule has 0 heterocycles. The second-order valence-electron chi connectivity index (χ2n) is 3.00. The Bertz CT molecular complexity index is 361. The lowest BCUT2D eigenvalue weighted by Gasteiger charge is -2.09. The number of carboxylic acids is 1. The second-order valence-corrected chi connectivity index (χ2v) is 3.79. The molecule has 0 bridgehead atoms. The maximum atomic E-state index is 10.3. The second kappa shape index (κ2) is 4.46. The third-order valence-corrected chi connectivity index (χ3v) is 3.10. The van der Waals surface area contributed by atoms with E-state index in [1.807, 2.05) is 19.9 Å². The summed E-state index contributed by atoms with van der Waals surface area (Å²) in [5, 5.41) is 8.45. The number of aliphatic carboxylic acids is 1. The van der Waals surface area contributed by atoms with Gasteiger partial charge in [0.2, 0.25) is 0 Å². The van der Waals surface area contributed by atoms with Gasteiger partial charge in [0.25, 0.3) is 0 Å². The Kier molecular flexibility index (Phi) is 3.52. The molecule has 0 saturated heterocycles. The van der Waals surface area contributed by atoms with E-state index in [1.165, 1.54) is 0 Å². The van der Waals surface area contributed by atoms with Crippen LogP contribution in [-0.2, 0) is 4.79 Å². The Morgan fingerprint density at radius 3 is 2.71 bits per heavy atom. The van der Waals surface area contributed by atoms with Gasteiger partial charge in [0.05, 0.1) is 0 Å². The predicted molar refractivity (Wildman–Crippen MR) is 56.7 cm³/mol. The zero-order valence-corrected chi connectivity index (χ0v) is 9.59. The number of carbonyl (C=O) groups is 1. The number of ether oxygens (including phenoxy) is 1. The van der Waals surface area contributed by atoms with Crippen LogP contribution in [0.15, 0.2) is 16.6 Å². The van der Waals surface area contributed by atoms with Gasteiger partial charge >= 0.3 is 5.97 Å². The third kappa shape index (κ3) is 2.48. The monoisotopic (exact) mass is 258 g/mol. The van der Waals surface area contributed by atoms with Crippen molar-refractivity contribution in [1.82, 2.24) is 0 Å². The van der Waals surface area contributed by atoms with Crippen LogP contribution < -0.4 is 4.74 Å². The van der Waals surface area contributed by atoms with E-state index in [2.05, 4.69) is 15.9 Å². The summed E-state index contributed by atoms with van der Waals surface area (Å²) in [4.78, 5) is 10.3. The number of rotatable bonds is 3. The Morgan fingerprint density at radius 1 is 1.50 bits per heavy atom. The van der Waals surface area contributed by atoms with E-state index in [1.54, 1.807) is 6.07 Å². The summed E-state index contributed by atoms with van der Waals surface area (Å²) >= 11 is 3.41. The molecule has 0 fully saturated rings. The summed E-state index contributed by atoms with van der Waals surface area (Å²) in [5.41, 5.74) is 2.02. The van der Waals surface area contributed by atoms with Gasteiger partial charge in [-0.05, 0) is 25.5 Å². The maximum absolute atomic E-state index is 10.3. The largest absolute Gasteiger partial charge is 0.482 e. The van der Waals surface area contributed by atoms with Crippen LogP contribution in [0.3, 0.4) is 0 Å². The first kappa shape index (κ1) is 11.0. The zero-order chi connectivity index (χ0) is 10.7. The lowest BCUT2D eigenvalue weighted by Crippen LogP contribution is -2.10. The van der Waals surface area contributed by atoms with Crippen molar-refractivity contribution in [1.29, 1.82) is 0 Å². The molecule has 1 aromatic rings. The van der Waals surface area contributed by atoms with Gasteiger partial charge in [0.15, 0.2) is 6.61 Å². The Labute approximate surface area is 90.8 Å². The molecule has 0 aliphatic rings. The van der Waals surface area contributed by atoms with Gasteiger partial charge in [-0.2, -0.15) is 0 Å². The van der Waals surface area contributed by atoms with Gasteiger partial charge in [0.1, 0.15) is 5.75 Å². The van der Waals surface area contributed by atoms with Crippen molar-refractivity contribution in [2.24, 2.45) is 0 Å². The van der Waals surface area contributed by atoms with Crippen LogP contribution in [-0.4, -0.2) is 17.7 Å². The number of halogens is 1. The SMILES string of the molecule is Cc1ccc(OCC(=O)O)c(C)c1Br. The van der Waals surface area contributed by atoms with Crippen molar-refractivity contribution in [3.8, 4) is 5.75 Å². The number of hydrogen-bond acceptors (Lipinski definition) is 2. The van der Waals surface area contributed by atoms with E-state index >= 15 is 0 Å². The highest BCUT2D eigenvalue weighted by molar-refractivity contribution is 9.10. The van der Waals surface area contributed by atoms with Gasteiger partial charge in [-0.15, -0.1) is 0 Å². The Morgan fingerprint density at radius 2 is 2.14 bits per heavy atom. The molecule has 4 heteroatoms. The zero-order valence-electron chi connectivity index (χ0n) is 8.00. The van der Waals surface area contributed by atoms with Crippen molar-refractivity contribution in [2.75, 3.05) is 6.61 Å². The number of hydrogen-bond donors (Lipinski definition) is 1. The highest BCUT2D eigenvalue weighted by Crippen LogP contribution is 2.28. The lowest BCUT2D eigenvalue weighted by atomic mass is 10.1. The fourth-order valence-electron chi connectivity index (χ4n) is 1.10. The summed E-state index contributed by atoms with van der Waals surface area (Å²) in [6.07, 6.45) is 0. The molecule has 0 atom stereocenters. The van der Waals surface area contributed by atoms with Crippen LogP contribution in [0.5, 0.6) is 5.75 Å². The summed E-state index contributed by atoms with van der Waals surface area (Å²) in [7, 11) is 0. The third-order valence-electron chi connectivity index (χ3n) is 1.88. The number of carboxylic acid groups (broad SMARTS) is 1. The first-order chi connectivity index (χ1) is 6.52. The van der Waals surface area contributed by atoms with Gasteiger partial charge in [-0.1, -0.05) is 22.0 Å². The van der Waals surface area contributed by atoms with Crippen molar-refractivity contribution >= 4 is 21.9 Å². The Balaban J connectivity index is 2.88. The van der Waals surface area contributed by atoms with Gasteiger partial charge < -0.3 is 9.84 Å². The fourth-order valence-corrected chi connectivity index (χ4v) is 1.43. The van der Waals surface area contributed by atoms with Crippen molar-refractivity contribution in [3.63, 3.8) is 0 Å². The summed E-state index contributed by atoms with van der Waals surface area (Å²) in [5.74, 6) is -0.369. The Hall–Kier alpha value is -1.03. The minimum Gasteiger partial charge on any atom is -0.482 e. The minimum atomic E-state index is -0.971. The molecule has 1 aromatic carbocycles. The van der Waals surface area contributed by atoms with E-state index in [0.29, 0.717) is 5.75 Å². The van der Waals surface area contributed by atoms with Crippen LogP contribution in [0.25, 0.3) is 0 Å². The molecule has 14 heavy (non-hydrogen) atoms. The molecule has 1 rings (SSSR count). The van der Waals surface area contributed by atoms with E-state index in [9.17, 15) is 4.79 Å².